The van der Waals surface area contributed by atoms with Gasteiger partial charge >= 0.3 is 0 Å². The van der Waals surface area contributed by atoms with E-state index in [4.69, 9.17) is 9.73 Å². The second-order valence-corrected chi connectivity index (χ2v) is 8.96. The Balaban J connectivity index is 1.68. The molecule has 0 radical (unpaired) electrons. The fraction of sp³-hybridized carbons (Fsp3) is 0.0833. The number of hydrogen-bond acceptors (Lipinski definition) is 5. The Labute approximate surface area is 198 Å². The number of para-hydroxylation sites is 1. The number of aliphatic imine (C=N–C) groups is 1. The van der Waals surface area contributed by atoms with Crippen molar-refractivity contribution in [2.45, 2.75) is 6.54 Å². The third-order valence-electron chi connectivity index (χ3n) is 4.64. The summed E-state index contributed by atoms with van der Waals surface area (Å²) in [6.07, 6.45) is 1.84. The lowest BCUT2D eigenvalue weighted by Gasteiger charge is -2.16. The van der Waals surface area contributed by atoms with Crippen molar-refractivity contribution in [2.75, 3.05) is 7.11 Å². The van der Waals surface area contributed by atoms with Gasteiger partial charge in [0.15, 0.2) is 5.17 Å². The first-order chi connectivity index (χ1) is 15.0. The Morgan fingerprint density at radius 2 is 1.84 bits per heavy atom. The first-order valence-corrected chi connectivity index (χ1v) is 11.4. The quantitative estimate of drug-likeness (QED) is 0.327. The number of amidine groups is 1. The van der Waals surface area contributed by atoms with Gasteiger partial charge in [-0.3, -0.25) is 9.69 Å². The molecule has 7 heteroatoms. The van der Waals surface area contributed by atoms with Crippen LogP contribution in [0.25, 0.3) is 6.08 Å². The number of benzene rings is 3. The summed E-state index contributed by atoms with van der Waals surface area (Å²) in [5.74, 6) is 0.894. The topological polar surface area (TPSA) is 62.1 Å². The van der Waals surface area contributed by atoms with E-state index >= 15 is 0 Å². The summed E-state index contributed by atoms with van der Waals surface area (Å²) in [7, 11) is 1.63. The minimum atomic E-state index is -0.0985. The molecule has 1 fully saturated rings. The van der Waals surface area contributed by atoms with Crippen molar-refractivity contribution >= 4 is 57.2 Å². The lowest BCUT2D eigenvalue weighted by Crippen LogP contribution is -2.28. The first-order valence-electron chi connectivity index (χ1n) is 9.50. The van der Waals surface area contributed by atoms with Crippen molar-refractivity contribution in [3.63, 3.8) is 0 Å². The van der Waals surface area contributed by atoms with E-state index in [1.54, 1.807) is 24.1 Å². The largest absolute Gasteiger partial charge is 0.507 e. The molecule has 1 aliphatic heterocycles. The minimum Gasteiger partial charge on any atom is -0.507 e. The molecule has 0 saturated carbocycles. The van der Waals surface area contributed by atoms with Gasteiger partial charge < -0.3 is 9.84 Å². The molecule has 3 aromatic carbocycles. The van der Waals surface area contributed by atoms with Gasteiger partial charge in [0.25, 0.3) is 5.91 Å². The Morgan fingerprint density at radius 3 is 2.52 bits per heavy atom. The predicted octanol–water partition coefficient (Wildman–Crippen LogP) is 5.81. The molecule has 0 atom stereocenters. The third-order valence-corrected chi connectivity index (χ3v) is 6.51. The maximum absolute atomic E-state index is 13.3. The van der Waals surface area contributed by atoms with Crippen molar-refractivity contribution in [1.29, 1.82) is 0 Å². The average molecular weight is 542 g/mol. The van der Waals surface area contributed by atoms with Crippen molar-refractivity contribution in [2.24, 2.45) is 4.99 Å². The highest BCUT2D eigenvalue weighted by atomic mass is 127. The van der Waals surface area contributed by atoms with E-state index < -0.39 is 0 Å². The molecule has 3 aromatic rings. The molecule has 1 saturated heterocycles. The number of methoxy groups -OCH3 is 1. The summed E-state index contributed by atoms with van der Waals surface area (Å²) >= 11 is 3.42. The standard InChI is InChI=1S/C24H19IN2O3S/c1-30-19-10-7-16(8-11-19)15-27-23(29)22(14-17-9-12-21(28)20(25)13-17)31-24(27)26-18-5-3-2-4-6-18/h2-14,28H,15H2,1H3/b22-14-,26-24?. The summed E-state index contributed by atoms with van der Waals surface area (Å²) in [5.41, 5.74) is 2.62. The highest BCUT2D eigenvalue weighted by Crippen LogP contribution is 2.36. The maximum Gasteiger partial charge on any atom is 0.267 e. The van der Waals surface area contributed by atoms with Crippen LogP contribution in [0.15, 0.2) is 82.7 Å². The number of aromatic hydroxyl groups is 1. The second-order valence-electron chi connectivity index (χ2n) is 6.79. The van der Waals surface area contributed by atoms with Crippen LogP contribution in [0.4, 0.5) is 5.69 Å². The van der Waals surface area contributed by atoms with Gasteiger partial charge in [-0.15, -0.1) is 0 Å². The van der Waals surface area contributed by atoms with Gasteiger partial charge in [0, 0.05) is 0 Å². The zero-order valence-corrected chi connectivity index (χ0v) is 19.6. The van der Waals surface area contributed by atoms with E-state index in [0.29, 0.717) is 16.6 Å². The van der Waals surface area contributed by atoms with Crippen LogP contribution in [0.3, 0.4) is 0 Å². The highest BCUT2D eigenvalue weighted by Gasteiger charge is 2.33. The van der Waals surface area contributed by atoms with E-state index in [0.717, 1.165) is 26.1 Å². The van der Waals surface area contributed by atoms with Crippen LogP contribution < -0.4 is 4.74 Å². The number of carbonyl (C=O) groups is 1. The molecule has 1 aliphatic rings. The number of phenols is 1. The summed E-state index contributed by atoms with van der Waals surface area (Å²) in [4.78, 5) is 20.3. The smallest absolute Gasteiger partial charge is 0.267 e. The number of amides is 1. The number of ether oxygens (including phenoxy) is 1. The van der Waals surface area contributed by atoms with E-state index in [2.05, 4.69) is 22.6 Å². The second kappa shape index (κ2) is 9.57. The number of phenolic OH excluding ortho intramolecular Hbond substituents is 1. The molecule has 0 spiro atoms. The molecule has 0 unspecified atom stereocenters. The molecule has 0 bridgehead atoms. The fourth-order valence-electron chi connectivity index (χ4n) is 3.02. The molecule has 156 valence electrons. The van der Waals surface area contributed by atoms with Crippen molar-refractivity contribution in [1.82, 2.24) is 4.90 Å². The van der Waals surface area contributed by atoms with Gasteiger partial charge in [0.05, 0.1) is 27.8 Å². The van der Waals surface area contributed by atoms with Crippen LogP contribution in [-0.2, 0) is 11.3 Å². The highest BCUT2D eigenvalue weighted by molar-refractivity contribution is 14.1. The molecule has 31 heavy (non-hydrogen) atoms. The number of carbonyl (C=O) groups excluding carboxylic acids is 1. The van der Waals surface area contributed by atoms with Crippen LogP contribution in [0.5, 0.6) is 11.5 Å². The van der Waals surface area contributed by atoms with Gasteiger partial charge in [-0.05, 0) is 88.0 Å². The number of thioether (sulfide) groups is 1. The number of nitrogens with zero attached hydrogens (tertiary/aromatic N) is 2. The summed E-state index contributed by atoms with van der Waals surface area (Å²) in [6, 6.07) is 22.5. The molecule has 5 nitrogen and oxygen atoms in total. The monoisotopic (exact) mass is 542 g/mol. The Kier molecular flexibility index (Phi) is 6.62. The normalized spacial score (nSPS) is 16.3. The van der Waals surface area contributed by atoms with Crippen molar-refractivity contribution < 1.29 is 14.6 Å². The molecule has 1 amide bonds. The number of halogens is 1. The van der Waals surface area contributed by atoms with Gasteiger partial charge in [0.2, 0.25) is 0 Å². The van der Waals surface area contributed by atoms with Crippen molar-refractivity contribution in [3.05, 3.63) is 92.4 Å². The molecular formula is C24H19IN2O3S. The average Bonchev–Trinajstić information content (AvgIpc) is 3.06. The molecule has 0 aliphatic carbocycles. The summed E-state index contributed by atoms with van der Waals surface area (Å²) in [6.45, 7) is 0.409. The van der Waals surface area contributed by atoms with Crippen LogP contribution in [0.2, 0.25) is 0 Å². The van der Waals surface area contributed by atoms with Gasteiger partial charge in [-0.25, -0.2) is 4.99 Å². The summed E-state index contributed by atoms with van der Waals surface area (Å²) in [5, 5.41) is 10.4. The Hall–Kier alpha value is -2.78. The molecule has 4 rings (SSSR count). The van der Waals surface area contributed by atoms with E-state index in [-0.39, 0.29) is 11.7 Å². The first kappa shape index (κ1) is 21.5. The number of rotatable bonds is 5. The zero-order chi connectivity index (χ0) is 21.8. The fourth-order valence-corrected chi connectivity index (χ4v) is 4.56. The zero-order valence-electron chi connectivity index (χ0n) is 16.7. The van der Waals surface area contributed by atoms with Crippen LogP contribution >= 0.6 is 34.4 Å². The van der Waals surface area contributed by atoms with Gasteiger partial charge in [-0.1, -0.05) is 36.4 Å². The number of hydrogen-bond donors (Lipinski definition) is 1. The Bertz CT molecular complexity index is 1160. The molecule has 1 N–H and O–H groups in total. The van der Waals surface area contributed by atoms with Crippen LogP contribution in [0.1, 0.15) is 11.1 Å². The SMILES string of the molecule is COc1ccc(CN2C(=O)/C(=C/c3ccc(O)c(I)c3)SC2=Nc2ccccc2)cc1. The maximum atomic E-state index is 13.3. The van der Waals surface area contributed by atoms with Crippen LogP contribution in [0, 0.1) is 3.57 Å². The van der Waals surface area contributed by atoms with E-state index in [1.807, 2.05) is 66.7 Å². The molecule has 0 aromatic heterocycles. The van der Waals surface area contributed by atoms with Crippen LogP contribution in [-0.4, -0.2) is 28.2 Å². The summed E-state index contributed by atoms with van der Waals surface area (Å²) < 4.78 is 5.96. The van der Waals surface area contributed by atoms with E-state index in [9.17, 15) is 9.90 Å². The van der Waals surface area contributed by atoms with Gasteiger partial charge in [-0.2, -0.15) is 0 Å². The Morgan fingerprint density at radius 1 is 1.10 bits per heavy atom. The lowest BCUT2D eigenvalue weighted by molar-refractivity contribution is -0.122. The molecular weight excluding hydrogens is 523 g/mol. The minimum absolute atomic E-state index is 0.0985. The predicted molar refractivity (Wildman–Crippen MR) is 133 cm³/mol. The van der Waals surface area contributed by atoms with E-state index in [1.165, 1.54) is 11.8 Å². The lowest BCUT2D eigenvalue weighted by atomic mass is 10.2. The molecule has 1 heterocycles. The van der Waals surface area contributed by atoms with Gasteiger partial charge in [0.1, 0.15) is 11.5 Å². The van der Waals surface area contributed by atoms with Crippen molar-refractivity contribution in [3.8, 4) is 11.5 Å². The third kappa shape index (κ3) is 5.11.